The fourth-order valence-corrected chi connectivity index (χ4v) is 3.12. The van der Waals surface area contributed by atoms with Crippen LogP contribution in [-0.4, -0.2) is 0 Å². The molecule has 0 atom stereocenters. The van der Waals surface area contributed by atoms with Crippen molar-refractivity contribution in [1.29, 1.82) is 0 Å². The lowest BCUT2D eigenvalue weighted by Crippen LogP contribution is -2.00. The van der Waals surface area contributed by atoms with Gasteiger partial charge in [0.1, 0.15) is 0 Å². The lowest BCUT2D eigenvalue weighted by atomic mass is 9.93. The van der Waals surface area contributed by atoms with E-state index < -0.39 is 0 Å². The van der Waals surface area contributed by atoms with Crippen molar-refractivity contribution in [2.45, 2.75) is 13.8 Å². The van der Waals surface area contributed by atoms with E-state index in [9.17, 15) is 0 Å². The molecule has 0 saturated carbocycles. The number of thiophene rings is 1. The van der Waals surface area contributed by atoms with Gasteiger partial charge in [0, 0.05) is 25.9 Å². The summed E-state index contributed by atoms with van der Waals surface area (Å²) in [6.45, 7) is 4.47. The number of benzene rings is 1. The van der Waals surface area contributed by atoms with Crippen molar-refractivity contribution in [3.63, 3.8) is 0 Å². The summed E-state index contributed by atoms with van der Waals surface area (Å²) in [6.07, 6.45) is 9.10. The Hall–Kier alpha value is -1.34. The van der Waals surface area contributed by atoms with E-state index in [2.05, 4.69) is 62.4 Å². The Balaban J connectivity index is 2.30. The molecule has 0 fully saturated rings. The van der Waals surface area contributed by atoms with Gasteiger partial charge in [0.25, 0.3) is 0 Å². The third-order valence-electron chi connectivity index (χ3n) is 3.01. The molecule has 80 valence electrons. The molecule has 0 nitrogen and oxygen atoms in total. The molecule has 0 N–H and O–H groups in total. The predicted octanol–water partition coefficient (Wildman–Crippen LogP) is 4.97. The molecule has 1 heteroatoms. The van der Waals surface area contributed by atoms with Crippen LogP contribution in [0.3, 0.4) is 0 Å². The molecule has 1 aliphatic carbocycles. The highest BCUT2D eigenvalue weighted by Gasteiger charge is 2.15. The monoisotopic (exact) mass is 226 g/mol. The zero-order chi connectivity index (χ0) is 11.2. The summed E-state index contributed by atoms with van der Waals surface area (Å²) < 4.78 is 1.38. The van der Waals surface area contributed by atoms with E-state index in [1.165, 1.54) is 20.5 Å². The third kappa shape index (κ3) is 1.52. The van der Waals surface area contributed by atoms with Crippen molar-refractivity contribution < 1.29 is 0 Å². The van der Waals surface area contributed by atoms with Crippen molar-refractivity contribution in [3.8, 4) is 0 Å². The van der Waals surface area contributed by atoms with Crippen LogP contribution >= 0.6 is 11.3 Å². The van der Waals surface area contributed by atoms with Gasteiger partial charge >= 0.3 is 0 Å². The van der Waals surface area contributed by atoms with E-state index >= 15 is 0 Å². The molecule has 2 aromatic rings. The molecular formula is C15H14S. The van der Waals surface area contributed by atoms with Crippen LogP contribution in [0.1, 0.15) is 24.3 Å². The van der Waals surface area contributed by atoms with Gasteiger partial charge in [-0.3, -0.25) is 0 Å². The molecular weight excluding hydrogens is 212 g/mol. The lowest BCUT2D eigenvalue weighted by Gasteiger charge is -2.12. The lowest BCUT2D eigenvalue weighted by molar-refractivity contribution is 0.633. The number of hydrogen-bond donors (Lipinski definition) is 0. The minimum atomic E-state index is 0.167. The first-order chi connectivity index (χ1) is 7.66. The van der Waals surface area contributed by atoms with E-state index in [4.69, 9.17) is 0 Å². The predicted molar refractivity (Wildman–Crippen MR) is 73.7 cm³/mol. The Morgan fingerprint density at radius 1 is 1.00 bits per heavy atom. The standard InChI is InChI=1S/C15H14S/c1-15(2)9-7-12-11-5-3-4-6-13(11)16-14(12)8-10-15/h3-10H,1-2H3. The Labute approximate surface area is 99.9 Å². The Morgan fingerprint density at radius 2 is 1.75 bits per heavy atom. The van der Waals surface area contributed by atoms with Crippen LogP contribution in [0.15, 0.2) is 36.4 Å². The van der Waals surface area contributed by atoms with Gasteiger partial charge in [-0.25, -0.2) is 0 Å². The maximum absolute atomic E-state index is 2.29. The summed E-state index contributed by atoms with van der Waals surface area (Å²) in [5, 5.41) is 1.38. The largest absolute Gasteiger partial charge is 0.135 e. The second-order valence-corrected chi connectivity index (χ2v) is 5.95. The molecule has 0 saturated heterocycles. The first-order valence-electron chi connectivity index (χ1n) is 5.56. The quantitative estimate of drug-likeness (QED) is 0.595. The van der Waals surface area contributed by atoms with E-state index in [0.29, 0.717) is 0 Å². The molecule has 1 aliphatic rings. The van der Waals surface area contributed by atoms with Gasteiger partial charge in [-0.05, 0) is 12.1 Å². The van der Waals surface area contributed by atoms with Crippen molar-refractivity contribution in [3.05, 3.63) is 46.9 Å². The third-order valence-corrected chi connectivity index (χ3v) is 4.16. The molecule has 0 unspecified atom stereocenters. The maximum Gasteiger partial charge on any atom is 0.0355 e. The highest BCUT2D eigenvalue weighted by molar-refractivity contribution is 7.20. The summed E-state index contributed by atoms with van der Waals surface area (Å²) in [4.78, 5) is 1.38. The second kappa shape index (κ2) is 3.33. The molecule has 0 aliphatic heterocycles. The van der Waals surface area contributed by atoms with Crippen molar-refractivity contribution >= 4 is 33.6 Å². The minimum absolute atomic E-state index is 0.167. The first kappa shape index (κ1) is 9.86. The number of hydrogen-bond acceptors (Lipinski definition) is 1. The molecule has 1 heterocycles. The molecule has 1 aromatic carbocycles. The molecule has 0 radical (unpaired) electrons. The van der Waals surface area contributed by atoms with E-state index in [1.807, 2.05) is 11.3 Å². The summed E-state index contributed by atoms with van der Waals surface area (Å²) in [5.41, 5.74) is 1.54. The van der Waals surface area contributed by atoms with Gasteiger partial charge in [-0.1, -0.05) is 50.3 Å². The zero-order valence-electron chi connectivity index (χ0n) is 9.53. The van der Waals surface area contributed by atoms with Gasteiger partial charge in [0.05, 0.1) is 0 Å². The van der Waals surface area contributed by atoms with Crippen molar-refractivity contribution in [2.24, 2.45) is 5.41 Å². The zero-order valence-corrected chi connectivity index (χ0v) is 10.3. The van der Waals surface area contributed by atoms with Crippen LogP contribution in [0.25, 0.3) is 22.2 Å². The van der Waals surface area contributed by atoms with E-state index in [-0.39, 0.29) is 5.41 Å². The minimum Gasteiger partial charge on any atom is -0.135 e. The number of fused-ring (bicyclic) bond motifs is 3. The molecule has 0 amide bonds. The molecule has 1 aromatic heterocycles. The van der Waals surface area contributed by atoms with Gasteiger partial charge in [0.2, 0.25) is 0 Å². The van der Waals surface area contributed by atoms with Crippen molar-refractivity contribution in [2.75, 3.05) is 0 Å². The van der Waals surface area contributed by atoms with Crippen LogP contribution in [0.4, 0.5) is 0 Å². The number of allylic oxidation sites excluding steroid dienone is 2. The molecule has 3 rings (SSSR count). The van der Waals surface area contributed by atoms with E-state index in [0.717, 1.165) is 0 Å². The Morgan fingerprint density at radius 3 is 2.62 bits per heavy atom. The van der Waals surface area contributed by atoms with Crippen molar-refractivity contribution in [1.82, 2.24) is 0 Å². The SMILES string of the molecule is CC1(C)C=Cc2sc3ccccc3c2C=C1. The van der Waals surface area contributed by atoms with Gasteiger partial charge in [0.15, 0.2) is 0 Å². The molecule has 0 bridgehead atoms. The van der Waals surface area contributed by atoms with E-state index in [1.54, 1.807) is 0 Å². The first-order valence-corrected chi connectivity index (χ1v) is 6.37. The Bertz CT molecular complexity index is 597. The fourth-order valence-electron chi connectivity index (χ4n) is 2.02. The highest BCUT2D eigenvalue weighted by atomic mass is 32.1. The normalized spacial score (nSPS) is 17.4. The topological polar surface area (TPSA) is 0 Å². The van der Waals surface area contributed by atoms with Crippen LogP contribution < -0.4 is 0 Å². The van der Waals surface area contributed by atoms with Gasteiger partial charge < -0.3 is 0 Å². The summed E-state index contributed by atoms with van der Waals surface area (Å²) in [7, 11) is 0. The van der Waals surface area contributed by atoms with Crippen LogP contribution in [0.5, 0.6) is 0 Å². The van der Waals surface area contributed by atoms with Crippen LogP contribution in [-0.2, 0) is 0 Å². The van der Waals surface area contributed by atoms with Gasteiger partial charge in [-0.2, -0.15) is 0 Å². The molecule has 0 spiro atoms. The van der Waals surface area contributed by atoms with Crippen LogP contribution in [0, 0.1) is 5.41 Å². The summed E-state index contributed by atoms with van der Waals surface area (Å²) >= 11 is 1.88. The Kier molecular flexibility index (Phi) is 2.05. The second-order valence-electron chi connectivity index (χ2n) is 4.86. The highest BCUT2D eigenvalue weighted by Crippen LogP contribution is 2.37. The smallest absolute Gasteiger partial charge is 0.0355 e. The van der Waals surface area contributed by atoms with Gasteiger partial charge in [-0.15, -0.1) is 11.3 Å². The molecule has 16 heavy (non-hydrogen) atoms. The summed E-state index contributed by atoms with van der Waals surface area (Å²) in [5.74, 6) is 0. The average molecular weight is 226 g/mol. The number of rotatable bonds is 0. The van der Waals surface area contributed by atoms with Crippen LogP contribution in [0.2, 0.25) is 0 Å². The average Bonchev–Trinajstić information content (AvgIpc) is 2.54. The summed E-state index contributed by atoms with van der Waals surface area (Å²) in [6, 6.07) is 8.63. The fraction of sp³-hybridized carbons (Fsp3) is 0.200. The maximum atomic E-state index is 2.29.